The average molecular weight is 814 g/mol. The fourth-order valence-corrected chi connectivity index (χ4v) is 6.55. The van der Waals surface area contributed by atoms with Gasteiger partial charge in [0.1, 0.15) is 24.4 Å². The van der Waals surface area contributed by atoms with Gasteiger partial charge >= 0.3 is 0 Å². The number of rotatable bonds is 36. The van der Waals surface area contributed by atoms with E-state index in [0.717, 1.165) is 83.5 Å². The first-order valence-corrected chi connectivity index (χ1v) is 22.8. The molecule has 1 aliphatic rings. The Balaban J connectivity index is 2.29. The van der Waals surface area contributed by atoms with Crippen molar-refractivity contribution in [3.05, 3.63) is 85.1 Å². The summed E-state index contributed by atoms with van der Waals surface area (Å²) < 4.78 is 11.2. The highest BCUT2D eigenvalue weighted by molar-refractivity contribution is 5.76. The van der Waals surface area contributed by atoms with Gasteiger partial charge in [-0.1, -0.05) is 163 Å². The highest BCUT2D eigenvalue weighted by Gasteiger charge is 2.44. The van der Waals surface area contributed by atoms with Gasteiger partial charge < -0.3 is 40.3 Å². The summed E-state index contributed by atoms with van der Waals surface area (Å²) in [7, 11) is 0. The van der Waals surface area contributed by atoms with E-state index in [2.05, 4.69) is 92.1 Å². The predicted octanol–water partition coefficient (Wildman–Crippen LogP) is 9.55. The predicted molar refractivity (Wildman–Crippen MR) is 239 cm³/mol. The van der Waals surface area contributed by atoms with Crippen LogP contribution in [0.4, 0.5) is 0 Å². The quantitative estimate of drug-likeness (QED) is 0.0271. The SMILES string of the molecule is CC/C=C\C/C=C\C/C=C\C/C=C\C/C=C\CCCCCCCCCCCC(=O)NC(COC1OC(CO)C(O)C(O)C1O)C(O)/C=C/CC/C=C/CCCCCC. The number of unbranched alkanes of at least 4 members (excludes halogenated alkanes) is 14. The molecular formula is C49H83NO8. The number of ether oxygens (including phenoxy) is 2. The third-order valence-electron chi connectivity index (χ3n) is 10.2. The van der Waals surface area contributed by atoms with Crippen molar-refractivity contribution >= 4 is 5.91 Å². The molecule has 9 heteroatoms. The zero-order chi connectivity index (χ0) is 42.3. The molecule has 0 aromatic heterocycles. The third-order valence-corrected chi connectivity index (χ3v) is 10.2. The molecule has 0 aromatic rings. The van der Waals surface area contributed by atoms with Crippen molar-refractivity contribution in [2.24, 2.45) is 0 Å². The standard InChI is InChI=1S/C49H83NO8/c1-3-5-7-9-11-13-15-16-17-18-19-20-21-22-23-24-25-26-27-28-29-31-33-35-37-39-45(53)50-42(41-57-49-48(56)47(55)46(54)44(40-51)58-49)43(52)38-36-34-32-30-14-12-10-8-6-4-2/h5,7,11,13-14,16-17,19-20,22-23,30,36,38,42-44,46-49,51-52,54-56H,3-4,6,8-10,12,15,18,21,24-29,31-35,37,39-41H2,1-2H3,(H,50,53)/b7-5-,13-11-,17-16-,20-19-,23-22-,30-14+,38-36+. The van der Waals surface area contributed by atoms with E-state index in [-0.39, 0.29) is 12.5 Å². The summed E-state index contributed by atoms with van der Waals surface area (Å²) in [6.45, 7) is 3.58. The summed E-state index contributed by atoms with van der Waals surface area (Å²) >= 11 is 0. The van der Waals surface area contributed by atoms with E-state index in [9.17, 15) is 30.3 Å². The molecule has 7 unspecified atom stereocenters. The van der Waals surface area contributed by atoms with E-state index in [0.29, 0.717) is 6.42 Å². The Morgan fingerprint density at radius 2 is 1.09 bits per heavy atom. The van der Waals surface area contributed by atoms with Crippen molar-refractivity contribution in [3.8, 4) is 0 Å². The van der Waals surface area contributed by atoms with E-state index in [1.807, 2.05) is 6.08 Å². The molecule has 0 aromatic carbocycles. The van der Waals surface area contributed by atoms with Crippen molar-refractivity contribution < 1.29 is 39.8 Å². The van der Waals surface area contributed by atoms with Crippen LogP contribution in [-0.4, -0.2) is 87.5 Å². The van der Waals surface area contributed by atoms with Crippen molar-refractivity contribution in [2.75, 3.05) is 13.2 Å². The number of carbonyl (C=O) groups is 1. The lowest BCUT2D eigenvalue weighted by Crippen LogP contribution is -2.60. The minimum atomic E-state index is -1.58. The van der Waals surface area contributed by atoms with Crippen molar-refractivity contribution in [3.63, 3.8) is 0 Å². The molecule has 0 saturated carbocycles. The van der Waals surface area contributed by atoms with E-state index in [1.165, 1.54) is 57.8 Å². The molecule has 1 rings (SSSR count). The van der Waals surface area contributed by atoms with E-state index in [4.69, 9.17) is 9.47 Å². The monoisotopic (exact) mass is 814 g/mol. The number of hydrogen-bond acceptors (Lipinski definition) is 8. The Labute approximate surface area is 352 Å². The fourth-order valence-electron chi connectivity index (χ4n) is 6.55. The van der Waals surface area contributed by atoms with Crippen LogP contribution < -0.4 is 5.32 Å². The van der Waals surface area contributed by atoms with Gasteiger partial charge in [0.25, 0.3) is 0 Å². The number of aliphatic hydroxyl groups excluding tert-OH is 5. The Bertz CT molecular complexity index is 1180. The molecule has 1 saturated heterocycles. The Morgan fingerprint density at radius 1 is 0.603 bits per heavy atom. The number of allylic oxidation sites excluding steroid dienone is 13. The highest BCUT2D eigenvalue weighted by atomic mass is 16.7. The first-order valence-electron chi connectivity index (χ1n) is 22.8. The maximum absolute atomic E-state index is 12.9. The number of nitrogens with one attached hydrogen (secondary N) is 1. The lowest BCUT2D eigenvalue weighted by Gasteiger charge is -2.40. The van der Waals surface area contributed by atoms with Gasteiger partial charge in [0.05, 0.1) is 25.4 Å². The van der Waals surface area contributed by atoms with Crippen LogP contribution in [-0.2, 0) is 14.3 Å². The fraction of sp³-hybridized carbons (Fsp3) is 0.694. The van der Waals surface area contributed by atoms with Gasteiger partial charge in [-0.25, -0.2) is 0 Å². The van der Waals surface area contributed by atoms with Crippen LogP contribution >= 0.6 is 0 Å². The summed E-state index contributed by atoms with van der Waals surface area (Å²) in [6, 6.07) is -0.828. The topological polar surface area (TPSA) is 149 Å². The van der Waals surface area contributed by atoms with Gasteiger partial charge in [-0.3, -0.25) is 4.79 Å². The molecule has 6 N–H and O–H groups in total. The van der Waals surface area contributed by atoms with Gasteiger partial charge in [-0.05, 0) is 77.0 Å². The molecule has 7 atom stereocenters. The van der Waals surface area contributed by atoms with Crippen LogP contribution in [0.3, 0.4) is 0 Å². The van der Waals surface area contributed by atoms with Crippen LogP contribution in [0.25, 0.3) is 0 Å². The van der Waals surface area contributed by atoms with E-state index >= 15 is 0 Å². The first-order chi connectivity index (χ1) is 28.3. The van der Waals surface area contributed by atoms with Gasteiger partial charge in [0.15, 0.2) is 6.29 Å². The van der Waals surface area contributed by atoms with Gasteiger partial charge in [-0.2, -0.15) is 0 Å². The molecule has 0 bridgehead atoms. The Morgan fingerprint density at radius 3 is 1.66 bits per heavy atom. The van der Waals surface area contributed by atoms with E-state index < -0.39 is 49.5 Å². The second-order valence-electron chi connectivity index (χ2n) is 15.5. The van der Waals surface area contributed by atoms with Gasteiger partial charge in [0, 0.05) is 6.42 Å². The second-order valence-corrected chi connectivity index (χ2v) is 15.5. The summed E-state index contributed by atoms with van der Waals surface area (Å²) in [6.07, 6.45) is 46.4. The second kappa shape index (κ2) is 38.6. The number of amides is 1. The van der Waals surface area contributed by atoms with Crippen LogP contribution in [0.1, 0.15) is 162 Å². The summed E-state index contributed by atoms with van der Waals surface area (Å²) in [5.74, 6) is -0.201. The van der Waals surface area contributed by atoms with Crippen LogP contribution in [0.5, 0.6) is 0 Å². The van der Waals surface area contributed by atoms with Crippen LogP contribution in [0, 0.1) is 0 Å². The van der Waals surface area contributed by atoms with E-state index in [1.54, 1.807) is 6.08 Å². The molecular weight excluding hydrogens is 731 g/mol. The highest BCUT2D eigenvalue weighted by Crippen LogP contribution is 2.22. The largest absolute Gasteiger partial charge is 0.394 e. The van der Waals surface area contributed by atoms with Crippen LogP contribution in [0.2, 0.25) is 0 Å². The van der Waals surface area contributed by atoms with Crippen LogP contribution in [0.15, 0.2) is 85.1 Å². The Kier molecular flexibility index (Phi) is 35.5. The van der Waals surface area contributed by atoms with Gasteiger partial charge in [0.2, 0.25) is 5.91 Å². The summed E-state index contributed by atoms with van der Waals surface area (Å²) in [5, 5.41) is 54.0. The summed E-state index contributed by atoms with van der Waals surface area (Å²) in [4.78, 5) is 12.9. The third kappa shape index (κ3) is 28.7. The molecule has 9 nitrogen and oxygen atoms in total. The Hall–Kier alpha value is -2.63. The molecule has 332 valence electrons. The molecule has 1 heterocycles. The molecule has 0 radical (unpaired) electrons. The zero-order valence-corrected chi connectivity index (χ0v) is 36.3. The maximum atomic E-state index is 12.9. The van der Waals surface area contributed by atoms with Crippen molar-refractivity contribution in [1.29, 1.82) is 0 Å². The maximum Gasteiger partial charge on any atom is 0.220 e. The molecule has 1 fully saturated rings. The minimum absolute atomic E-state index is 0.201. The number of aliphatic hydroxyl groups is 5. The molecule has 0 spiro atoms. The van der Waals surface area contributed by atoms with Gasteiger partial charge in [-0.15, -0.1) is 0 Å². The van der Waals surface area contributed by atoms with Crippen molar-refractivity contribution in [2.45, 2.75) is 204 Å². The molecule has 0 aliphatic carbocycles. The molecule has 58 heavy (non-hydrogen) atoms. The zero-order valence-electron chi connectivity index (χ0n) is 36.3. The normalized spacial score (nSPS) is 21.7. The average Bonchev–Trinajstić information content (AvgIpc) is 3.22. The minimum Gasteiger partial charge on any atom is -0.394 e. The first kappa shape index (κ1) is 53.4. The lowest BCUT2D eigenvalue weighted by molar-refractivity contribution is -0.302. The summed E-state index contributed by atoms with van der Waals surface area (Å²) in [5.41, 5.74) is 0. The lowest BCUT2D eigenvalue weighted by atomic mass is 9.99. The molecule has 1 aliphatic heterocycles. The number of carbonyl (C=O) groups excluding carboxylic acids is 1. The smallest absolute Gasteiger partial charge is 0.220 e. The number of hydrogen-bond donors (Lipinski definition) is 6. The molecule has 1 amide bonds. The van der Waals surface area contributed by atoms with Crippen molar-refractivity contribution in [1.82, 2.24) is 5.32 Å².